The summed E-state index contributed by atoms with van der Waals surface area (Å²) in [7, 11) is 3.71. The summed E-state index contributed by atoms with van der Waals surface area (Å²) >= 11 is 5.97. The molecule has 1 saturated heterocycles. The monoisotopic (exact) mass is 475 g/mol. The van der Waals surface area contributed by atoms with Crippen LogP contribution in [0.15, 0.2) is 29.3 Å². The average molecular weight is 476 g/mol. The number of carbonyl (C=O) groups excluding carboxylic acids is 1. The van der Waals surface area contributed by atoms with Crippen LogP contribution in [0.1, 0.15) is 28.8 Å². The second-order valence-electron chi connectivity index (χ2n) is 8.98. The molecule has 1 saturated carbocycles. The first-order chi connectivity index (χ1) is 15.8. The third kappa shape index (κ3) is 5.04. The number of nitrogens with zero attached hydrogens (tertiary/aromatic N) is 3. The number of carbonyl (C=O) groups is 1. The lowest BCUT2D eigenvalue weighted by Crippen LogP contribution is -2.65. The number of hydrogen-bond acceptors (Lipinski definition) is 7. The Morgan fingerprint density at radius 3 is 2.82 bits per heavy atom. The minimum Gasteiger partial charge on any atom is -0.490 e. The number of aromatic amines is 1. The fourth-order valence-electron chi connectivity index (χ4n) is 4.55. The lowest BCUT2D eigenvalue weighted by atomic mass is 9.61. The van der Waals surface area contributed by atoms with Gasteiger partial charge in [-0.1, -0.05) is 11.6 Å². The van der Waals surface area contributed by atoms with Crippen LogP contribution >= 0.6 is 11.6 Å². The second-order valence-corrected chi connectivity index (χ2v) is 9.36. The van der Waals surface area contributed by atoms with E-state index in [1.54, 1.807) is 18.3 Å². The van der Waals surface area contributed by atoms with Crippen molar-refractivity contribution in [3.05, 3.63) is 56.9 Å². The third-order valence-corrected chi connectivity index (χ3v) is 6.50. The van der Waals surface area contributed by atoms with Crippen LogP contribution in [0.5, 0.6) is 5.75 Å². The van der Waals surface area contributed by atoms with Crippen molar-refractivity contribution in [3.8, 4) is 5.75 Å². The Bertz CT molecular complexity index is 1110. The first-order valence-electron chi connectivity index (χ1n) is 10.8. The maximum Gasteiger partial charge on any atom is 0.285 e. The van der Waals surface area contributed by atoms with Gasteiger partial charge in [-0.3, -0.25) is 9.59 Å². The fraction of sp³-hybridized carbons (Fsp3) is 0.435. The Balaban J connectivity index is 1.27. The molecule has 10 heteroatoms. The second kappa shape index (κ2) is 9.52. The number of anilines is 1. The molecule has 2 fully saturated rings. The maximum absolute atomic E-state index is 14.1. The van der Waals surface area contributed by atoms with Crippen LogP contribution in [0.2, 0.25) is 5.02 Å². The molecular formula is C23H27ClFN5O3. The van der Waals surface area contributed by atoms with E-state index in [0.29, 0.717) is 29.8 Å². The number of ether oxygens (including phenoxy) is 1. The number of H-pyrrole nitrogens is 1. The zero-order valence-corrected chi connectivity index (χ0v) is 19.4. The lowest BCUT2D eigenvalue weighted by molar-refractivity contribution is -0.117. The van der Waals surface area contributed by atoms with Gasteiger partial charge in [-0.05, 0) is 37.3 Å². The molecule has 0 atom stereocenters. The Morgan fingerprint density at radius 2 is 2.12 bits per heavy atom. The van der Waals surface area contributed by atoms with E-state index in [9.17, 15) is 14.0 Å². The summed E-state index contributed by atoms with van der Waals surface area (Å²) in [5.41, 5.74) is 0.847. The standard InChI is InChI=1S/C23H27ClFN5O3/c1-29(2)7-5-16-17(12-31)18(25)3-4-20(16)33-15-9-23(10-15)13-30(14-23)8-6-26-19-11-27-28-22(32)21(19)24/h3-5,7,11-12,15H,6,8-10,13-14H2,1-2H3,(H2,26,28,32)/b7-5-. The molecule has 0 amide bonds. The van der Waals surface area contributed by atoms with Gasteiger partial charge in [0.15, 0.2) is 6.29 Å². The summed E-state index contributed by atoms with van der Waals surface area (Å²) < 4.78 is 20.3. The molecule has 2 N–H and O–H groups in total. The van der Waals surface area contributed by atoms with E-state index in [2.05, 4.69) is 20.4 Å². The van der Waals surface area contributed by atoms with Crippen LogP contribution in [0.25, 0.3) is 6.08 Å². The number of nitrogens with one attached hydrogen (secondary N) is 2. The minimum atomic E-state index is -0.554. The molecule has 1 spiro atoms. The predicted octanol–water partition coefficient (Wildman–Crippen LogP) is 2.86. The summed E-state index contributed by atoms with van der Waals surface area (Å²) in [6.07, 6.45) is 7.40. The molecule has 4 rings (SSSR count). The van der Waals surface area contributed by atoms with Crippen LogP contribution in [0.3, 0.4) is 0 Å². The van der Waals surface area contributed by atoms with Crippen LogP contribution in [0, 0.1) is 11.2 Å². The maximum atomic E-state index is 14.1. The summed E-state index contributed by atoms with van der Waals surface area (Å²) in [6.45, 7) is 3.45. The van der Waals surface area contributed by atoms with Gasteiger partial charge < -0.3 is 19.9 Å². The van der Waals surface area contributed by atoms with E-state index in [1.807, 2.05) is 19.0 Å². The molecule has 2 aromatic rings. The molecule has 176 valence electrons. The van der Waals surface area contributed by atoms with E-state index in [1.165, 1.54) is 12.3 Å². The topological polar surface area (TPSA) is 90.6 Å². The van der Waals surface area contributed by atoms with Gasteiger partial charge >= 0.3 is 0 Å². The van der Waals surface area contributed by atoms with Gasteiger partial charge in [-0.25, -0.2) is 9.49 Å². The van der Waals surface area contributed by atoms with Crippen LogP contribution in [0.4, 0.5) is 10.1 Å². The Hall–Kier alpha value is -2.91. The number of hydrogen-bond donors (Lipinski definition) is 2. The number of aromatic nitrogens is 2. The van der Waals surface area contributed by atoms with E-state index >= 15 is 0 Å². The average Bonchev–Trinajstić information content (AvgIpc) is 2.72. The molecule has 0 radical (unpaired) electrons. The number of benzene rings is 1. The summed E-state index contributed by atoms with van der Waals surface area (Å²) in [6, 6.07) is 2.87. The highest BCUT2D eigenvalue weighted by Crippen LogP contribution is 2.49. The van der Waals surface area contributed by atoms with Gasteiger partial charge in [0.05, 0.1) is 23.6 Å². The van der Waals surface area contributed by atoms with Crippen LogP contribution in [-0.4, -0.2) is 72.7 Å². The molecule has 33 heavy (non-hydrogen) atoms. The molecule has 2 aliphatic rings. The van der Waals surface area contributed by atoms with Crippen molar-refractivity contribution >= 4 is 29.7 Å². The first-order valence-corrected chi connectivity index (χ1v) is 11.2. The molecule has 0 unspecified atom stereocenters. The van der Waals surface area contributed by atoms with Gasteiger partial charge in [0.25, 0.3) is 5.56 Å². The fourth-order valence-corrected chi connectivity index (χ4v) is 4.71. The van der Waals surface area contributed by atoms with Crippen molar-refractivity contribution in [2.75, 3.05) is 45.6 Å². The van der Waals surface area contributed by atoms with Gasteiger partial charge in [0.2, 0.25) is 0 Å². The molecule has 8 nitrogen and oxygen atoms in total. The van der Waals surface area contributed by atoms with Gasteiger partial charge in [0, 0.05) is 51.3 Å². The Morgan fingerprint density at radius 1 is 1.36 bits per heavy atom. The smallest absolute Gasteiger partial charge is 0.285 e. The van der Waals surface area contributed by atoms with Crippen molar-refractivity contribution in [2.24, 2.45) is 5.41 Å². The minimum absolute atomic E-state index is 0.0117. The molecule has 1 aliphatic heterocycles. The van der Waals surface area contributed by atoms with Crippen LogP contribution < -0.4 is 15.6 Å². The zero-order chi connectivity index (χ0) is 23.6. The summed E-state index contributed by atoms with van der Waals surface area (Å²) in [5, 5.41) is 9.30. The normalized spacial score (nSPS) is 17.6. The van der Waals surface area contributed by atoms with Crippen molar-refractivity contribution in [1.29, 1.82) is 0 Å². The van der Waals surface area contributed by atoms with Gasteiger partial charge in [-0.2, -0.15) is 5.10 Å². The third-order valence-electron chi connectivity index (χ3n) is 6.12. The first kappa shape index (κ1) is 23.3. The zero-order valence-electron chi connectivity index (χ0n) is 18.6. The predicted molar refractivity (Wildman–Crippen MR) is 125 cm³/mol. The van der Waals surface area contributed by atoms with Gasteiger partial charge in [0.1, 0.15) is 16.6 Å². The highest BCUT2D eigenvalue weighted by atomic mass is 35.5. The quantitative estimate of drug-likeness (QED) is 0.539. The lowest BCUT2D eigenvalue weighted by Gasteiger charge is -2.58. The van der Waals surface area contributed by atoms with E-state index in [0.717, 1.165) is 32.5 Å². The number of halogens is 2. The number of aldehydes is 1. The SMILES string of the molecule is CN(C)/C=C\c1c(OC2CC3(C2)CN(CCNc2cn[nH]c(=O)c2Cl)C3)ccc(F)c1C=O. The van der Waals surface area contributed by atoms with Crippen molar-refractivity contribution in [2.45, 2.75) is 18.9 Å². The molecule has 2 heterocycles. The van der Waals surface area contributed by atoms with Crippen molar-refractivity contribution in [3.63, 3.8) is 0 Å². The van der Waals surface area contributed by atoms with E-state index < -0.39 is 11.4 Å². The molecule has 1 aromatic heterocycles. The Labute approximate surface area is 196 Å². The van der Waals surface area contributed by atoms with Crippen LogP contribution in [-0.2, 0) is 0 Å². The van der Waals surface area contributed by atoms with Gasteiger partial charge in [-0.15, -0.1) is 0 Å². The van der Waals surface area contributed by atoms with Crippen molar-refractivity contribution in [1.82, 2.24) is 20.0 Å². The van der Waals surface area contributed by atoms with Crippen molar-refractivity contribution < 1.29 is 13.9 Å². The van der Waals surface area contributed by atoms with E-state index in [-0.39, 0.29) is 22.1 Å². The Kier molecular flexibility index (Phi) is 6.71. The molecular weight excluding hydrogens is 449 g/mol. The molecule has 1 aliphatic carbocycles. The highest BCUT2D eigenvalue weighted by molar-refractivity contribution is 6.32. The molecule has 0 bridgehead atoms. The number of likely N-dealkylation sites (tertiary alicyclic amines) is 1. The molecule has 1 aromatic carbocycles. The summed E-state index contributed by atoms with van der Waals surface area (Å²) in [4.78, 5) is 27.1. The largest absolute Gasteiger partial charge is 0.490 e. The summed E-state index contributed by atoms with van der Waals surface area (Å²) in [5.74, 6) is -0.0265. The van der Waals surface area contributed by atoms with E-state index in [4.69, 9.17) is 16.3 Å². The highest BCUT2D eigenvalue weighted by Gasteiger charge is 2.53. The number of rotatable bonds is 9.